The van der Waals surface area contributed by atoms with E-state index in [9.17, 15) is 0 Å². The third-order valence-corrected chi connectivity index (χ3v) is 4.90. The summed E-state index contributed by atoms with van der Waals surface area (Å²) in [6.45, 7) is 6.82. The molecule has 0 saturated carbocycles. The predicted octanol–water partition coefficient (Wildman–Crippen LogP) is 3.00. The number of ether oxygens (including phenoxy) is 1. The highest BCUT2D eigenvalue weighted by Gasteiger charge is 2.20. The van der Waals surface area contributed by atoms with Gasteiger partial charge in [0.25, 0.3) is 0 Å². The fourth-order valence-electron chi connectivity index (χ4n) is 3.30. The van der Waals surface area contributed by atoms with E-state index in [4.69, 9.17) is 9.72 Å². The maximum atomic E-state index is 5.74. The molecule has 150 valence electrons. The van der Waals surface area contributed by atoms with Gasteiger partial charge in [-0.15, -0.1) is 0 Å². The van der Waals surface area contributed by atoms with Gasteiger partial charge in [0.05, 0.1) is 6.54 Å². The molecule has 0 unspecified atom stereocenters. The first-order valence-corrected chi connectivity index (χ1v) is 9.96. The van der Waals surface area contributed by atoms with E-state index in [1.165, 1.54) is 0 Å². The summed E-state index contributed by atoms with van der Waals surface area (Å²) in [6.07, 6.45) is 3.72. The number of nitrogens with one attached hydrogen (secondary N) is 1. The lowest BCUT2D eigenvalue weighted by molar-refractivity contribution is 0.332. The first-order valence-electron chi connectivity index (χ1n) is 9.96. The van der Waals surface area contributed by atoms with Crippen molar-refractivity contribution < 1.29 is 4.74 Å². The van der Waals surface area contributed by atoms with Crippen LogP contribution in [0.15, 0.2) is 60.9 Å². The molecule has 7 nitrogen and oxygen atoms in total. The van der Waals surface area contributed by atoms with Crippen molar-refractivity contribution in [2.75, 3.05) is 54.4 Å². The fraction of sp³-hybridized carbons (Fsp3) is 0.318. The second kappa shape index (κ2) is 9.23. The molecule has 0 amide bonds. The van der Waals surface area contributed by atoms with Gasteiger partial charge in [-0.3, -0.25) is 0 Å². The summed E-state index contributed by atoms with van der Waals surface area (Å²) in [5.74, 6) is 3.53. The van der Waals surface area contributed by atoms with Crippen molar-refractivity contribution in [3.63, 3.8) is 0 Å². The number of piperazine rings is 1. The number of nitrogens with zero attached hydrogens (tertiary/aromatic N) is 5. The summed E-state index contributed by atoms with van der Waals surface area (Å²) in [5.41, 5.74) is 1.03. The Kier molecular flexibility index (Phi) is 6.04. The summed E-state index contributed by atoms with van der Waals surface area (Å²) in [4.78, 5) is 18.3. The minimum absolute atomic E-state index is 0.575. The molecule has 3 heterocycles. The molecule has 1 fully saturated rings. The van der Waals surface area contributed by atoms with Gasteiger partial charge in [0.2, 0.25) is 5.95 Å². The molecule has 7 heteroatoms. The van der Waals surface area contributed by atoms with Crippen LogP contribution in [-0.2, 0) is 0 Å². The minimum Gasteiger partial charge on any atom is -0.492 e. The fourth-order valence-corrected chi connectivity index (χ4v) is 3.30. The van der Waals surface area contributed by atoms with Gasteiger partial charge in [0.15, 0.2) is 0 Å². The van der Waals surface area contributed by atoms with Crippen molar-refractivity contribution >= 4 is 17.6 Å². The number of rotatable bonds is 7. The van der Waals surface area contributed by atoms with Crippen LogP contribution in [0.2, 0.25) is 0 Å². The molecule has 0 spiro atoms. The molecule has 0 aliphatic carbocycles. The van der Waals surface area contributed by atoms with Gasteiger partial charge in [0, 0.05) is 44.1 Å². The molecule has 1 saturated heterocycles. The molecule has 3 aromatic rings. The molecule has 1 aliphatic heterocycles. The molecule has 0 radical (unpaired) electrons. The van der Waals surface area contributed by atoms with Crippen LogP contribution >= 0.6 is 0 Å². The van der Waals surface area contributed by atoms with Crippen molar-refractivity contribution in [3.05, 3.63) is 66.5 Å². The topological polar surface area (TPSA) is 66.4 Å². The normalized spacial score (nSPS) is 14.0. The second-order valence-electron chi connectivity index (χ2n) is 6.95. The summed E-state index contributed by atoms with van der Waals surface area (Å²) in [7, 11) is 0. The van der Waals surface area contributed by atoms with Crippen LogP contribution in [0, 0.1) is 6.92 Å². The zero-order valence-electron chi connectivity index (χ0n) is 16.7. The number of hydrogen-bond donors (Lipinski definition) is 1. The van der Waals surface area contributed by atoms with Gasteiger partial charge in [-0.2, -0.15) is 4.98 Å². The van der Waals surface area contributed by atoms with E-state index in [0.717, 1.165) is 55.1 Å². The molecule has 2 aromatic heterocycles. The first-order chi connectivity index (χ1) is 14.3. The molecular formula is C22H26N6O. The highest BCUT2D eigenvalue weighted by molar-refractivity contribution is 5.48. The maximum Gasteiger partial charge on any atom is 0.227 e. The first kappa shape index (κ1) is 19.0. The molecule has 0 atom stereocenters. The smallest absolute Gasteiger partial charge is 0.227 e. The van der Waals surface area contributed by atoms with Crippen LogP contribution < -0.4 is 19.9 Å². The summed E-state index contributed by atoms with van der Waals surface area (Å²) in [6, 6.07) is 15.9. The number of anilines is 3. The lowest BCUT2D eigenvalue weighted by atomic mass is 10.3. The van der Waals surface area contributed by atoms with E-state index in [2.05, 4.69) is 31.2 Å². The monoisotopic (exact) mass is 390 g/mol. The van der Waals surface area contributed by atoms with Crippen LogP contribution in [-0.4, -0.2) is 54.3 Å². The van der Waals surface area contributed by atoms with Crippen molar-refractivity contribution in [2.24, 2.45) is 0 Å². The van der Waals surface area contributed by atoms with E-state index in [1.54, 1.807) is 0 Å². The lowest BCUT2D eigenvalue weighted by Gasteiger charge is -2.35. The Morgan fingerprint density at radius 2 is 1.69 bits per heavy atom. The van der Waals surface area contributed by atoms with E-state index < -0.39 is 0 Å². The Morgan fingerprint density at radius 1 is 0.931 bits per heavy atom. The largest absolute Gasteiger partial charge is 0.492 e. The SMILES string of the molecule is Cc1cnc(N2CCN(c3ccccn3)CC2)nc1NCCOc1ccccc1. The van der Waals surface area contributed by atoms with Gasteiger partial charge in [0.1, 0.15) is 24.0 Å². The molecule has 1 aromatic carbocycles. The van der Waals surface area contributed by atoms with Crippen molar-refractivity contribution in [1.29, 1.82) is 0 Å². The van der Waals surface area contributed by atoms with Crippen LogP contribution in [0.4, 0.5) is 17.6 Å². The van der Waals surface area contributed by atoms with E-state index in [1.807, 2.05) is 61.8 Å². The Labute approximate surface area is 171 Å². The predicted molar refractivity (Wildman–Crippen MR) is 116 cm³/mol. The highest BCUT2D eigenvalue weighted by Crippen LogP contribution is 2.19. The van der Waals surface area contributed by atoms with E-state index in [0.29, 0.717) is 13.2 Å². The third kappa shape index (κ3) is 4.93. The molecular weight excluding hydrogens is 364 g/mol. The van der Waals surface area contributed by atoms with Crippen LogP contribution in [0.3, 0.4) is 0 Å². The zero-order valence-corrected chi connectivity index (χ0v) is 16.7. The minimum atomic E-state index is 0.575. The van der Waals surface area contributed by atoms with Gasteiger partial charge in [-0.1, -0.05) is 24.3 Å². The van der Waals surface area contributed by atoms with Crippen LogP contribution in [0.1, 0.15) is 5.56 Å². The van der Waals surface area contributed by atoms with Crippen LogP contribution in [0.25, 0.3) is 0 Å². The van der Waals surface area contributed by atoms with Crippen molar-refractivity contribution in [1.82, 2.24) is 15.0 Å². The number of aromatic nitrogens is 3. The van der Waals surface area contributed by atoms with E-state index in [-0.39, 0.29) is 0 Å². The zero-order chi connectivity index (χ0) is 19.9. The Hall–Kier alpha value is -3.35. The maximum absolute atomic E-state index is 5.74. The third-order valence-electron chi connectivity index (χ3n) is 4.90. The quantitative estimate of drug-likeness (QED) is 0.622. The van der Waals surface area contributed by atoms with Gasteiger partial charge >= 0.3 is 0 Å². The summed E-state index contributed by atoms with van der Waals surface area (Å²) < 4.78 is 5.74. The average Bonchev–Trinajstić information content (AvgIpc) is 2.79. The summed E-state index contributed by atoms with van der Waals surface area (Å²) in [5, 5.41) is 3.37. The van der Waals surface area contributed by atoms with Gasteiger partial charge < -0.3 is 19.9 Å². The summed E-state index contributed by atoms with van der Waals surface area (Å²) >= 11 is 0. The standard InChI is InChI=1S/C22H26N6O/c1-18-17-25-22(26-21(18)24-11-16-29-19-7-3-2-4-8-19)28-14-12-27(13-15-28)20-9-5-6-10-23-20/h2-10,17H,11-16H2,1H3,(H,24,25,26). The lowest BCUT2D eigenvalue weighted by Crippen LogP contribution is -2.47. The number of aryl methyl sites for hydroxylation is 1. The molecule has 0 bridgehead atoms. The molecule has 1 aliphatic rings. The van der Waals surface area contributed by atoms with Crippen LogP contribution in [0.5, 0.6) is 5.75 Å². The van der Waals surface area contributed by atoms with Gasteiger partial charge in [-0.25, -0.2) is 9.97 Å². The molecule has 1 N–H and O–H groups in total. The van der Waals surface area contributed by atoms with Gasteiger partial charge in [-0.05, 0) is 31.2 Å². The molecule has 4 rings (SSSR count). The van der Waals surface area contributed by atoms with Crippen molar-refractivity contribution in [3.8, 4) is 5.75 Å². The highest BCUT2D eigenvalue weighted by atomic mass is 16.5. The average molecular weight is 390 g/mol. The Morgan fingerprint density at radius 3 is 2.45 bits per heavy atom. The van der Waals surface area contributed by atoms with E-state index >= 15 is 0 Å². The Balaban J connectivity index is 1.31. The number of hydrogen-bond acceptors (Lipinski definition) is 7. The number of pyridine rings is 1. The number of para-hydroxylation sites is 1. The molecule has 29 heavy (non-hydrogen) atoms. The number of benzene rings is 1. The van der Waals surface area contributed by atoms with Crippen molar-refractivity contribution in [2.45, 2.75) is 6.92 Å². The second-order valence-corrected chi connectivity index (χ2v) is 6.95. The Bertz CT molecular complexity index is 898.